The van der Waals surface area contributed by atoms with Gasteiger partial charge in [0.2, 0.25) is 10.0 Å². The molecule has 0 atom stereocenters. The number of H-pyrrole nitrogens is 1. The molecule has 4 rings (SSSR count). The molecule has 29 heavy (non-hydrogen) atoms. The summed E-state index contributed by atoms with van der Waals surface area (Å²) in [5.74, 6) is 0.582. The molecule has 0 spiro atoms. The van der Waals surface area contributed by atoms with Crippen LogP contribution in [0.1, 0.15) is 43.0 Å². The van der Waals surface area contributed by atoms with Gasteiger partial charge in [-0.1, -0.05) is 13.0 Å². The third-order valence-electron chi connectivity index (χ3n) is 5.90. The molecule has 2 N–H and O–H groups in total. The van der Waals surface area contributed by atoms with E-state index in [1.807, 2.05) is 0 Å². The molecule has 0 aliphatic carbocycles. The lowest BCUT2D eigenvalue weighted by atomic mass is 9.89. The summed E-state index contributed by atoms with van der Waals surface area (Å²) >= 11 is 1.80. The molecule has 1 aliphatic heterocycles. The zero-order chi connectivity index (χ0) is 20.4. The third kappa shape index (κ3) is 4.28. The van der Waals surface area contributed by atoms with E-state index in [-0.39, 0.29) is 5.75 Å². The van der Waals surface area contributed by atoms with Gasteiger partial charge in [-0.25, -0.2) is 12.7 Å². The van der Waals surface area contributed by atoms with Gasteiger partial charge in [0.1, 0.15) is 0 Å². The molecule has 0 saturated carbocycles. The number of benzene rings is 1. The molecular formula is C22H29N3O2S2. The summed E-state index contributed by atoms with van der Waals surface area (Å²) in [6.07, 6.45) is 3.87. The van der Waals surface area contributed by atoms with Crippen LogP contribution in [0.4, 0.5) is 0 Å². The zero-order valence-corrected chi connectivity index (χ0v) is 18.7. The lowest BCUT2D eigenvalue weighted by Crippen LogP contribution is -2.38. The van der Waals surface area contributed by atoms with E-state index in [1.54, 1.807) is 22.6 Å². The number of aromatic nitrogens is 1. The Hall–Kier alpha value is -1.67. The molecule has 1 saturated heterocycles. The molecule has 156 valence electrons. The summed E-state index contributed by atoms with van der Waals surface area (Å²) in [6.45, 7) is 6.97. The number of rotatable bonds is 7. The van der Waals surface area contributed by atoms with Crippen LogP contribution < -0.4 is 5.32 Å². The van der Waals surface area contributed by atoms with Crippen LogP contribution in [0.25, 0.3) is 22.0 Å². The van der Waals surface area contributed by atoms with E-state index in [9.17, 15) is 8.42 Å². The predicted molar refractivity (Wildman–Crippen MR) is 122 cm³/mol. The number of piperidine rings is 1. The molecular weight excluding hydrogens is 402 g/mol. The molecule has 0 bridgehead atoms. The molecule has 7 heteroatoms. The van der Waals surface area contributed by atoms with Crippen LogP contribution in [-0.4, -0.2) is 43.1 Å². The SMILES string of the molecule is CCNCc1cc(-c2ccc3[nH]cc(C4CCN(S(=O)(=O)CC)CC4)c3c2)cs1. The largest absolute Gasteiger partial charge is 0.361 e. The maximum atomic E-state index is 12.1. The van der Waals surface area contributed by atoms with Gasteiger partial charge in [-0.05, 0) is 72.5 Å². The van der Waals surface area contributed by atoms with E-state index in [1.165, 1.54) is 27.0 Å². The van der Waals surface area contributed by atoms with E-state index in [2.05, 4.69) is 53.1 Å². The average molecular weight is 432 g/mol. The Morgan fingerprint density at radius 1 is 1.17 bits per heavy atom. The number of hydrogen-bond acceptors (Lipinski definition) is 4. The van der Waals surface area contributed by atoms with Crippen molar-refractivity contribution in [2.75, 3.05) is 25.4 Å². The molecule has 3 heterocycles. The van der Waals surface area contributed by atoms with Gasteiger partial charge < -0.3 is 10.3 Å². The summed E-state index contributed by atoms with van der Waals surface area (Å²) in [5, 5.41) is 6.88. The summed E-state index contributed by atoms with van der Waals surface area (Å²) in [7, 11) is -3.08. The first-order valence-corrected chi connectivity index (χ1v) is 12.9. The number of sulfonamides is 1. The number of thiophene rings is 1. The van der Waals surface area contributed by atoms with E-state index >= 15 is 0 Å². The lowest BCUT2D eigenvalue weighted by molar-refractivity contribution is 0.321. The van der Waals surface area contributed by atoms with Crippen molar-refractivity contribution in [2.24, 2.45) is 0 Å². The minimum absolute atomic E-state index is 0.185. The maximum Gasteiger partial charge on any atom is 0.213 e. The predicted octanol–water partition coefficient (Wildman–Crippen LogP) is 4.54. The first-order valence-electron chi connectivity index (χ1n) is 10.4. The fraction of sp³-hybridized carbons (Fsp3) is 0.455. The van der Waals surface area contributed by atoms with Crippen molar-refractivity contribution in [1.82, 2.24) is 14.6 Å². The molecule has 2 aromatic heterocycles. The monoisotopic (exact) mass is 431 g/mol. The number of nitrogens with zero attached hydrogens (tertiary/aromatic N) is 1. The Balaban J connectivity index is 1.56. The van der Waals surface area contributed by atoms with Crippen LogP contribution in [0.2, 0.25) is 0 Å². The molecule has 0 unspecified atom stereocenters. The fourth-order valence-electron chi connectivity index (χ4n) is 4.16. The van der Waals surface area contributed by atoms with Crippen LogP contribution in [0.5, 0.6) is 0 Å². The minimum Gasteiger partial charge on any atom is -0.361 e. The second-order valence-corrected chi connectivity index (χ2v) is 10.9. The maximum absolute atomic E-state index is 12.1. The Morgan fingerprint density at radius 2 is 1.97 bits per heavy atom. The third-order valence-corrected chi connectivity index (χ3v) is 8.72. The van der Waals surface area contributed by atoms with E-state index in [4.69, 9.17) is 0 Å². The van der Waals surface area contributed by atoms with Gasteiger partial charge in [0.15, 0.2) is 0 Å². The van der Waals surface area contributed by atoms with Gasteiger partial charge in [-0.3, -0.25) is 0 Å². The van der Waals surface area contributed by atoms with Gasteiger partial charge in [-0.15, -0.1) is 11.3 Å². The Morgan fingerprint density at radius 3 is 2.69 bits per heavy atom. The molecule has 1 aliphatic rings. The second-order valence-electron chi connectivity index (χ2n) is 7.66. The molecule has 0 amide bonds. The summed E-state index contributed by atoms with van der Waals surface area (Å²) in [5.41, 5.74) is 4.97. The van der Waals surface area contributed by atoms with Crippen molar-refractivity contribution in [1.29, 1.82) is 0 Å². The highest BCUT2D eigenvalue weighted by Gasteiger charge is 2.28. The normalized spacial score (nSPS) is 16.6. The van der Waals surface area contributed by atoms with E-state index in [0.717, 1.165) is 31.4 Å². The quantitative estimate of drug-likeness (QED) is 0.577. The van der Waals surface area contributed by atoms with Crippen LogP contribution in [0.3, 0.4) is 0 Å². The van der Waals surface area contributed by atoms with Gasteiger partial charge in [0.25, 0.3) is 0 Å². The van der Waals surface area contributed by atoms with Crippen molar-refractivity contribution in [3.63, 3.8) is 0 Å². The van der Waals surface area contributed by atoms with Crippen molar-refractivity contribution < 1.29 is 8.42 Å². The highest BCUT2D eigenvalue weighted by Crippen LogP contribution is 2.36. The molecule has 5 nitrogen and oxygen atoms in total. The molecule has 3 aromatic rings. The van der Waals surface area contributed by atoms with Crippen molar-refractivity contribution >= 4 is 32.3 Å². The summed E-state index contributed by atoms with van der Waals surface area (Å²) in [4.78, 5) is 4.76. The van der Waals surface area contributed by atoms with Crippen LogP contribution in [0.15, 0.2) is 35.8 Å². The molecule has 1 aromatic carbocycles. The standard InChI is InChI=1S/C22H29N3O2S2/c1-3-23-13-19-11-18(15-28-19)17-5-6-22-20(12-17)21(14-24-22)16-7-9-25(10-8-16)29(26,27)4-2/h5-6,11-12,14-16,23-24H,3-4,7-10,13H2,1-2H3. The summed E-state index contributed by atoms with van der Waals surface area (Å²) in [6, 6.07) is 8.90. The smallest absolute Gasteiger partial charge is 0.213 e. The topological polar surface area (TPSA) is 65.2 Å². The summed E-state index contributed by atoms with van der Waals surface area (Å²) < 4.78 is 25.9. The van der Waals surface area contributed by atoms with Crippen molar-refractivity contribution in [2.45, 2.75) is 39.2 Å². The number of hydrogen-bond donors (Lipinski definition) is 2. The molecule has 0 radical (unpaired) electrons. The first-order chi connectivity index (χ1) is 14.0. The van der Waals surface area contributed by atoms with E-state index < -0.39 is 10.0 Å². The zero-order valence-electron chi connectivity index (χ0n) is 17.1. The first kappa shape index (κ1) is 20.6. The Bertz CT molecular complexity index is 1080. The highest BCUT2D eigenvalue weighted by atomic mass is 32.2. The van der Waals surface area contributed by atoms with Crippen molar-refractivity contribution in [3.8, 4) is 11.1 Å². The Labute approximate surface area is 177 Å². The average Bonchev–Trinajstić information content (AvgIpc) is 3.39. The van der Waals surface area contributed by atoms with E-state index in [0.29, 0.717) is 19.0 Å². The Kier molecular flexibility index (Phi) is 6.11. The van der Waals surface area contributed by atoms with Crippen LogP contribution >= 0.6 is 11.3 Å². The van der Waals surface area contributed by atoms with Crippen LogP contribution in [0, 0.1) is 0 Å². The second kappa shape index (κ2) is 8.60. The van der Waals surface area contributed by atoms with Gasteiger partial charge in [-0.2, -0.15) is 0 Å². The highest BCUT2D eigenvalue weighted by molar-refractivity contribution is 7.89. The van der Waals surface area contributed by atoms with Gasteiger partial charge >= 0.3 is 0 Å². The van der Waals surface area contributed by atoms with Gasteiger partial charge in [0, 0.05) is 41.6 Å². The lowest BCUT2D eigenvalue weighted by Gasteiger charge is -2.30. The number of nitrogens with one attached hydrogen (secondary N) is 2. The van der Waals surface area contributed by atoms with Crippen molar-refractivity contribution in [3.05, 3.63) is 46.3 Å². The number of aromatic amines is 1. The minimum atomic E-state index is -3.08. The fourth-order valence-corrected chi connectivity index (χ4v) is 6.16. The van der Waals surface area contributed by atoms with Crippen LogP contribution in [-0.2, 0) is 16.6 Å². The number of fused-ring (bicyclic) bond motifs is 1. The van der Waals surface area contributed by atoms with Gasteiger partial charge in [0.05, 0.1) is 5.75 Å². The molecule has 1 fully saturated rings.